The van der Waals surface area contributed by atoms with E-state index in [1.807, 2.05) is 12.1 Å². The SMILES string of the molecule is Cc1cccc2c1-c1c(C)cccc1C2CC(=O)O. The number of rotatable bonds is 2. The lowest BCUT2D eigenvalue weighted by Gasteiger charge is -2.10. The predicted molar refractivity (Wildman–Crippen MR) is 75.4 cm³/mol. The molecular weight excluding hydrogens is 236 g/mol. The first-order chi connectivity index (χ1) is 9.09. The largest absolute Gasteiger partial charge is 0.481 e. The fraction of sp³-hybridized carbons (Fsp3) is 0.235. The molecule has 0 aliphatic heterocycles. The first-order valence-electron chi connectivity index (χ1n) is 6.50. The van der Waals surface area contributed by atoms with Gasteiger partial charge in [-0.25, -0.2) is 0 Å². The molecule has 0 unspecified atom stereocenters. The quantitative estimate of drug-likeness (QED) is 0.880. The summed E-state index contributed by atoms with van der Waals surface area (Å²) in [5.74, 6) is -0.755. The molecule has 1 aliphatic rings. The molecule has 2 heteroatoms. The highest BCUT2D eigenvalue weighted by molar-refractivity contribution is 5.85. The lowest BCUT2D eigenvalue weighted by Crippen LogP contribution is -2.05. The van der Waals surface area contributed by atoms with Crippen molar-refractivity contribution in [1.82, 2.24) is 0 Å². The molecule has 96 valence electrons. The van der Waals surface area contributed by atoms with Gasteiger partial charge in [0.05, 0.1) is 6.42 Å². The maximum atomic E-state index is 11.1. The average molecular weight is 252 g/mol. The van der Waals surface area contributed by atoms with Crippen LogP contribution in [-0.2, 0) is 4.79 Å². The van der Waals surface area contributed by atoms with E-state index in [4.69, 9.17) is 5.11 Å². The number of carboxylic acids is 1. The Morgan fingerprint density at radius 3 is 1.89 bits per heavy atom. The third kappa shape index (κ3) is 1.75. The van der Waals surface area contributed by atoms with E-state index < -0.39 is 5.97 Å². The minimum Gasteiger partial charge on any atom is -0.481 e. The molecule has 0 atom stereocenters. The summed E-state index contributed by atoms with van der Waals surface area (Å²) in [5.41, 5.74) is 7.24. The molecule has 0 heterocycles. The number of carboxylic acid groups (broad SMARTS) is 1. The normalized spacial score (nSPS) is 13.2. The Hall–Kier alpha value is -2.09. The summed E-state index contributed by atoms with van der Waals surface area (Å²) < 4.78 is 0. The summed E-state index contributed by atoms with van der Waals surface area (Å²) in [4.78, 5) is 11.1. The zero-order valence-corrected chi connectivity index (χ0v) is 11.1. The van der Waals surface area contributed by atoms with Gasteiger partial charge < -0.3 is 5.11 Å². The van der Waals surface area contributed by atoms with Crippen molar-refractivity contribution in [3.05, 3.63) is 58.7 Å². The topological polar surface area (TPSA) is 37.3 Å². The first-order valence-corrected chi connectivity index (χ1v) is 6.50. The zero-order valence-electron chi connectivity index (χ0n) is 11.1. The van der Waals surface area contributed by atoms with Crippen LogP contribution >= 0.6 is 0 Å². The summed E-state index contributed by atoms with van der Waals surface area (Å²) in [6.07, 6.45) is 0.160. The average Bonchev–Trinajstić information content (AvgIpc) is 2.66. The zero-order chi connectivity index (χ0) is 13.6. The van der Waals surface area contributed by atoms with Crippen LogP contribution in [0.4, 0.5) is 0 Å². The van der Waals surface area contributed by atoms with E-state index in [0.29, 0.717) is 0 Å². The lowest BCUT2D eigenvalue weighted by atomic mass is 9.93. The van der Waals surface area contributed by atoms with E-state index >= 15 is 0 Å². The molecule has 0 radical (unpaired) electrons. The van der Waals surface area contributed by atoms with Crippen LogP contribution < -0.4 is 0 Å². The standard InChI is InChI=1S/C17H16O2/c1-10-5-3-7-12-14(9-15(18)19)13-8-4-6-11(2)17(13)16(10)12/h3-8,14H,9H2,1-2H3,(H,18,19). The Morgan fingerprint density at radius 2 is 1.47 bits per heavy atom. The summed E-state index contributed by atoms with van der Waals surface area (Å²) in [6, 6.07) is 12.4. The number of fused-ring (bicyclic) bond motifs is 3. The minimum absolute atomic E-state index is 0.0118. The van der Waals surface area contributed by atoms with Gasteiger partial charge in [0.15, 0.2) is 0 Å². The van der Waals surface area contributed by atoms with Crippen molar-refractivity contribution in [2.24, 2.45) is 0 Å². The molecule has 1 aliphatic carbocycles. The van der Waals surface area contributed by atoms with Crippen molar-refractivity contribution in [3.63, 3.8) is 0 Å². The molecule has 0 bridgehead atoms. The van der Waals surface area contributed by atoms with Crippen LogP contribution in [0.25, 0.3) is 11.1 Å². The van der Waals surface area contributed by atoms with E-state index in [1.54, 1.807) is 0 Å². The maximum absolute atomic E-state index is 11.1. The van der Waals surface area contributed by atoms with Crippen LogP contribution in [-0.4, -0.2) is 11.1 Å². The second-order valence-electron chi connectivity index (χ2n) is 5.23. The highest BCUT2D eigenvalue weighted by Crippen LogP contribution is 2.48. The van der Waals surface area contributed by atoms with Crippen LogP contribution in [0.5, 0.6) is 0 Å². The Labute approximate surface area is 112 Å². The van der Waals surface area contributed by atoms with Crippen LogP contribution in [0.3, 0.4) is 0 Å². The Morgan fingerprint density at radius 1 is 1.00 bits per heavy atom. The van der Waals surface area contributed by atoms with Gasteiger partial charge in [0.25, 0.3) is 0 Å². The molecule has 0 spiro atoms. The number of hydrogen-bond acceptors (Lipinski definition) is 1. The first kappa shape index (κ1) is 12.0. The van der Waals surface area contributed by atoms with Crippen molar-refractivity contribution < 1.29 is 9.90 Å². The second kappa shape index (κ2) is 4.23. The van der Waals surface area contributed by atoms with Crippen LogP contribution in [0.1, 0.15) is 34.6 Å². The molecule has 2 nitrogen and oxygen atoms in total. The highest BCUT2D eigenvalue weighted by Gasteiger charge is 2.31. The van der Waals surface area contributed by atoms with Gasteiger partial charge in [-0.2, -0.15) is 0 Å². The van der Waals surface area contributed by atoms with Gasteiger partial charge >= 0.3 is 5.97 Å². The molecule has 2 aromatic rings. The Kier molecular flexibility index (Phi) is 2.67. The van der Waals surface area contributed by atoms with E-state index in [-0.39, 0.29) is 12.3 Å². The van der Waals surface area contributed by atoms with E-state index in [1.165, 1.54) is 22.3 Å². The number of hydrogen-bond donors (Lipinski definition) is 1. The molecular formula is C17H16O2. The summed E-state index contributed by atoms with van der Waals surface area (Å²) >= 11 is 0. The summed E-state index contributed by atoms with van der Waals surface area (Å²) in [6.45, 7) is 4.19. The van der Waals surface area contributed by atoms with Gasteiger partial charge in [0.1, 0.15) is 0 Å². The third-order valence-electron chi connectivity index (χ3n) is 3.99. The highest BCUT2D eigenvalue weighted by atomic mass is 16.4. The van der Waals surface area contributed by atoms with E-state index in [0.717, 1.165) is 11.1 Å². The third-order valence-corrected chi connectivity index (χ3v) is 3.99. The molecule has 0 aromatic heterocycles. The second-order valence-corrected chi connectivity index (χ2v) is 5.23. The van der Waals surface area contributed by atoms with Crippen molar-refractivity contribution >= 4 is 5.97 Å². The smallest absolute Gasteiger partial charge is 0.304 e. The maximum Gasteiger partial charge on any atom is 0.304 e. The molecule has 0 amide bonds. The molecule has 0 saturated carbocycles. The van der Waals surface area contributed by atoms with Gasteiger partial charge in [-0.3, -0.25) is 4.79 Å². The summed E-state index contributed by atoms with van der Waals surface area (Å²) in [5, 5.41) is 9.16. The fourth-order valence-electron chi connectivity index (χ4n) is 3.21. The molecule has 1 N–H and O–H groups in total. The predicted octanol–water partition coefficient (Wildman–Crippen LogP) is 3.89. The van der Waals surface area contributed by atoms with E-state index in [9.17, 15) is 4.79 Å². The van der Waals surface area contributed by atoms with E-state index in [2.05, 4.69) is 38.1 Å². The summed E-state index contributed by atoms with van der Waals surface area (Å²) in [7, 11) is 0. The van der Waals surface area contributed by atoms with Crippen molar-refractivity contribution in [1.29, 1.82) is 0 Å². The number of aryl methyl sites for hydroxylation is 2. The van der Waals surface area contributed by atoms with Gasteiger partial charge in [-0.05, 0) is 47.2 Å². The van der Waals surface area contributed by atoms with Crippen LogP contribution in [0.2, 0.25) is 0 Å². The van der Waals surface area contributed by atoms with Crippen LogP contribution in [0.15, 0.2) is 36.4 Å². The van der Waals surface area contributed by atoms with Gasteiger partial charge in [0, 0.05) is 5.92 Å². The molecule has 0 fully saturated rings. The Balaban J connectivity index is 2.30. The van der Waals surface area contributed by atoms with Crippen LogP contribution in [0, 0.1) is 13.8 Å². The number of carbonyl (C=O) groups is 1. The number of benzene rings is 2. The molecule has 0 saturated heterocycles. The Bertz CT molecular complexity index is 619. The fourth-order valence-corrected chi connectivity index (χ4v) is 3.21. The van der Waals surface area contributed by atoms with Gasteiger partial charge in [-0.15, -0.1) is 0 Å². The van der Waals surface area contributed by atoms with Gasteiger partial charge in [0.2, 0.25) is 0 Å². The lowest BCUT2D eigenvalue weighted by molar-refractivity contribution is -0.137. The molecule has 2 aromatic carbocycles. The van der Waals surface area contributed by atoms with Crippen molar-refractivity contribution in [3.8, 4) is 11.1 Å². The molecule has 19 heavy (non-hydrogen) atoms. The molecule has 3 rings (SSSR count). The number of aliphatic carboxylic acids is 1. The van der Waals surface area contributed by atoms with Crippen molar-refractivity contribution in [2.75, 3.05) is 0 Å². The van der Waals surface area contributed by atoms with Crippen molar-refractivity contribution in [2.45, 2.75) is 26.2 Å². The minimum atomic E-state index is -0.744. The monoisotopic (exact) mass is 252 g/mol. The van der Waals surface area contributed by atoms with Gasteiger partial charge in [-0.1, -0.05) is 36.4 Å².